The van der Waals surface area contributed by atoms with Gasteiger partial charge in [-0.2, -0.15) is 18.3 Å². The second-order valence-corrected chi connectivity index (χ2v) is 8.92. The van der Waals surface area contributed by atoms with Crippen LogP contribution >= 0.6 is 0 Å². The number of hydrogen-bond donors (Lipinski definition) is 2. The summed E-state index contributed by atoms with van der Waals surface area (Å²) < 4.78 is 69.9. The quantitative estimate of drug-likeness (QED) is 0.753. The molecule has 1 amide bonds. The number of aromatic nitrogens is 2. The van der Waals surface area contributed by atoms with Crippen molar-refractivity contribution in [3.8, 4) is 0 Å². The van der Waals surface area contributed by atoms with Crippen LogP contribution in [-0.4, -0.2) is 36.3 Å². The van der Waals surface area contributed by atoms with Gasteiger partial charge in [0.1, 0.15) is 11.3 Å². The summed E-state index contributed by atoms with van der Waals surface area (Å²) in [4.78, 5) is 12.4. The number of benzene rings is 1. The van der Waals surface area contributed by atoms with Crippen LogP contribution in [0.4, 0.5) is 18.9 Å². The lowest BCUT2D eigenvalue weighted by Gasteiger charge is -2.36. The number of nitrogens with one attached hydrogen (secondary N) is 1. The molecule has 3 aliphatic rings. The van der Waals surface area contributed by atoms with Crippen LogP contribution in [0.25, 0.3) is 0 Å². The summed E-state index contributed by atoms with van der Waals surface area (Å²) in [6, 6.07) is 4.93. The third kappa shape index (κ3) is 3.74. The molecule has 2 aromatic rings. The summed E-state index contributed by atoms with van der Waals surface area (Å²) in [6.45, 7) is 0.578. The van der Waals surface area contributed by atoms with E-state index in [-0.39, 0.29) is 17.1 Å². The van der Waals surface area contributed by atoms with Gasteiger partial charge in [-0.15, -0.1) is 0 Å². The largest absolute Gasteiger partial charge is 0.420 e. The molecule has 0 atom stereocenters. The van der Waals surface area contributed by atoms with E-state index in [2.05, 4.69) is 10.4 Å². The van der Waals surface area contributed by atoms with Crippen molar-refractivity contribution in [2.45, 2.75) is 36.1 Å². The van der Waals surface area contributed by atoms with Crippen LogP contribution in [0.3, 0.4) is 0 Å². The molecule has 8 nitrogen and oxygen atoms in total. The zero-order chi connectivity index (χ0) is 21.0. The van der Waals surface area contributed by atoms with Gasteiger partial charge in [0, 0.05) is 5.69 Å². The molecule has 29 heavy (non-hydrogen) atoms. The molecule has 1 aliphatic carbocycles. The Morgan fingerprint density at radius 3 is 2.69 bits per heavy atom. The fourth-order valence-corrected chi connectivity index (χ4v) is 4.42. The van der Waals surface area contributed by atoms with Crippen LogP contribution in [0.5, 0.6) is 0 Å². The lowest BCUT2D eigenvalue weighted by Crippen LogP contribution is -2.42. The second-order valence-electron chi connectivity index (χ2n) is 7.36. The van der Waals surface area contributed by atoms with Crippen molar-refractivity contribution in [3.63, 3.8) is 0 Å². The Hall–Kier alpha value is -2.44. The molecule has 1 aromatic carbocycles. The minimum atomic E-state index is -4.79. The number of rotatable bonds is 5. The molecule has 5 rings (SSSR count). The van der Waals surface area contributed by atoms with Crippen molar-refractivity contribution >= 4 is 21.6 Å². The molecule has 3 heterocycles. The molecule has 2 bridgehead atoms. The molecule has 1 aromatic heterocycles. The first-order chi connectivity index (χ1) is 13.5. The van der Waals surface area contributed by atoms with Gasteiger partial charge in [0.05, 0.1) is 29.8 Å². The monoisotopic (exact) mass is 430 g/mol. The number of fused-ring (bicyclic) bond motifs is 1. The predicted octanol–water partition coefficient (Wildman–Crippen LogP) is 1.98. The molecule has 2 aliphatic heterocycles. The van der Waals surface area contributed by atoms with Crippen molar-refractivity contribution in [2.75, 3.05) is 11.9 Å². The van der Waals surface area contributed by atoms with Gasteiger partial charge >= 0.3 is 6.18 Å². The molecule has 3 fully saturated rings. The van der Waals surface area contributed by atoms with E-state index in [1.165, 1.54) is 18.2 Å². The first-order valence-corrected chi connectivity index (χ1v) is 10.2. The number of carbonyl (C=O) groups excluding carboxylic acids is 1. The maximum Gasteiger partial charge on any atom is 0.420 e. The average molecular weight is 430 g/mol. The van der Waals surface area contributed by atoms with Gasteiger partial charge in [-0.25, -0.2) is 13.6 Å². The highest BCUT2D eigenvalue weighted by Crippen LogP contribution is 2.49. The summed E-state index contributed by atoms with van der Waals surface area (Å²) in [6.07, 6.45) is -2.75. The fraction of sp³-hybridized carbons (Fsp3) is 0.412. The maximum atomic E-state index is 13.4. The van der Waals surface area contributed by atoms with Gasteiger partial charge in [0.15, 0.2) is 0 Å². The highest BCUT2D eigenvalue weighted by molar-refractivity contribution is 7.89. The number of alkyl halides is 3. The molecule has 0 spiro atoms. The van der Waals surface area contributed by atoms with Gasteiger partial charge < -0.3 is 10.1 Å². The number of amides is 1. The van der Waals surface area contributed by atoms with Gasteiger partial charge in [0.25, 0.3) is 5.91 Å². The van der Waals surface area contributed by atoms with E-state index in [0.29, 0.717) is 31.6 Å². The minimum absolute atomic E-state index is 0.0126. The normalized spacial score (nSPS) is 23.7. The van der Waals surface area contributed by atoms with Crippen LogP contribution < -0.4 is 10.5 Å². The molecule has 156 valence electrons. The van der Waals surface area contributed by atoms with Crippen molar-refractivity contribution < 1.29 is 31.1 Å². The summed E-state index contributed by atoms with van der Waals surface area (Å²) in [5, 5.41) is 11.1. The van der Waals surface area contributed by atoms with Crippen LogP contribution in [0, 0.1) is 5.92 Å². The topological polar surface area (TPSA) is 116 Å². The number of sulfonamides is 1. The standard InChI is InChI=1S/C17H17F3N4O4S/c18-17(19,20)13-7-22-24(9-16-5-10(6-16)8-28-16)14(13)15(25)23-11-2-1-3-12(4-11)29(21,26)27/h1-4,7,10H,5-6,8-9H2,(H,23,25)(H2,21,26,27). The Kier molecular flexibility index (Phi) is 4.48. The van der Waals surface area contributed by atoms with Crippen LogP contribution in [-0.2, 0) is 27.5 Å². The zero-order valence-corrected chi connectivity index (χ0v) is 15.8. The number of primary sulfonamides is 1. The third-order valence-electron chi connectivity index (χ3n) is 5.16. The van der Waals surface area contributed by atoms with E-state index in [4.69, 9.17) is 9.88 Å². The summed E-state index contributed by atoms with van der Waals surface area (Å²) in [5.74, 6) is -0.669. The number of halogens is 3. The Morgan fingerprint density at radius 2 is 2.10 bits per heavy atom. The van der Waals surface area contributed by atoms with E-state index >= 15 is 0 Å². The van der Waals surface area contributed by atoms with E-state index in [1.54, 1.807) is 0 Å². The Morgan fingerprint density at radius 1 is 1.38 bits per heavy atom. The number of nitrogens with two attached hydrogens (primary N) is 1. The number of nitrogens with zero attached hydrogens (tertiary/aromatic N) is 2. The number of hydrogen-bond acceptors (Lipinski definition) is 5. The van der Waals surface area contributed by atoms with E-state index in [0.717, 1.165) is 10.7 Å². The highest BCUT2D eigenvalue weighted by atomic mass is 32.2. The summed E-state index contributed by atoms with van der Waals surface area (Å²) in [7, 11) is -4.04. The van der Waals surface area contributed by atoms with Gasteiger partial charge in [0.2, 0.25) is 10.0 Å². The average Bonchev–Trinajstić information content (AvgIpc) is 3.28. The number of ether oxygens (including phenoxy) is 1. The first kappa shape index (κ1) is 19.9. The Balaban J connectivity index is 1.65. The first-order valence-electron chi connectivity index (χ1n) is 8.68. The van der Waals surface area contributed by atoms with Crippen LogP contribution in [0.1, 0.15) is 28.9 Å². The molecule has 0 radical (unpaired) electrons. The smallest absolute Gasteiger partial charge is 0.373 e. The van der Waals surface area contributed by atoms with E-state index in [9.17, 15) is 26.4 Å². The Bertz CT molecular complexity index is 1070. The molecular weight excluding hydrogens is 413 g/mol. The molecular formula is C17H17F3N4O4S. The summed E-state index contributed by atoms with van der Waals surface area (Å²) in [5.41, 5.74) is -2.45. The lowest BCUT2D eigenvalue weighted by molar-refractivity contribution is -0.138. The third-order valence-corrected chi connectivity index (χ3v) is 6.08. The molecule has 3 N–H and O–H groups in total. The molecule has 0 unspecified atom stereocenters. The SMILES string of the molecule is NS(=O)(=O)c1cccc(NC(=O)c2c(C(F)(F)F)cnn2CC23CC(CO2)C3)c1. The highest BCUT2D eigenvalue weighted by Gasteiger charge is 2.53. The second kappa shape index (κ2) is 6.54. The van der Waals surface area contributed by atoms with E-state index < -0.39 is 39.0 Å². The van der Waals surface area contributed by atoms with Crippen molar-refractivity contribution in [2.24, 2.45) is 11.1 Å². The molecule has 2 saturated heterocycles. The minimum Gasteiger partial charge on any atom is -0.373 e. The zero-order valence-electron chi connectivity index (χ0n) is 14.9. The van der Waals surface area contributed by atoms with Crippen LogP contribution in [0.2, 0.25) is 0 Å². The summed E-state index contributed by atoms with van der Waals surface area (Å²) >= 11 is 0. The predicted molar refractivity (Wildman–Crippen MR) is 94.4 cm³/mol. The molecule has 12 heteroatoms. The van der Waals surface area contributed by atoms with Gasteiger partial charge in [-0.1, -0.05) is 6.07 Å². The number of carbonyl (C=O) groups is 1. The van der Waals surface area contributed by atoms with Gasteiger partial charge in [-0.05, 0) is 37.0 Å². The van der Waals surface area contributed by atoms with Crippen molar-refractivity contribution in [1.29, 1.82) is 0 Å². The lowest BCUT2D eigenvalue weighted by atomic mass is 9.74. The maximum absolute atomic E-state index is 13.4. The molecule has 1 saturated carbocycles. The van der Waals surface area contributed by atoms with Crippen LogP contribution in [0.15, 0.2) is 35.4 Å². The van der Waals surface area contributed by atoms with Crippen molar-refractivity contribution in [3.05, 3.63) is 41.7 Å². The van der Waals surface area contributed by atoms with Gasteiger partial charge in [-0.3, -0.25) is 9.48 Å². The van der Waals surface area contributed by atoms with E-state index in [1.807, 2.05) is 0 Å². The fourth-order valence-electron chi connectivity index (χ4n) is 3.86. The Labute approximate surface area is 163 Å². The van der Waals surface area contributed by atoms with Crippen molar-refractivity contribution in [1.82, 2.24) is 9.78 Å². The number of anilines is 1.